The van der Waals surface area contributed by atoms with Crippen LogP contribution >= 0.6 is 11.6 Å². The molecule has 0 saturated heterocycles. The summed E-state index contributed by atoms with van der Waals surface area (Å²) in [5.41, 5.74) is 4.45. The predicted molar refractivity (Wildman–Crippen MR) is 97.6 cm³/mol. The van der Waals surface area contributed by atoms with Crippen LogP contribution in [0.15, 0.2) is 61.1 Å². The van der Waals surface area contributed by atoms with Gasteiger partial charge in [0.2, 0.25) is 0 Å². The van der Waals surface area contributed by atoms with Crippen LogP contribution in [0.5, 0.6) is 0 Å². The summed E-state index contributed by atoms with van der Waals surface area (Å²) in [5, 5.41) is 12.0. The topological polar surface area (TPSA) is 64.6 Å². The van der Waals surface area contributed by atoms with Gasteiger partial charge in [-0.1, -0.05) is 48.0 Å². The van der Waals surface area contributed by atoms with Gasteiger partial charge in [-0.3, -0.25) is 5.41 Å². The Morgan fingerprint density at radius 1 is 1.08 bits per heavy atom. The van der Waals surface area contributed by atoms with Gasteiger partial charge in [0.05, 0.1) is 17.9 Å². The second kappa shape index (κ2) is 7.79. The Balaban J connectivity index is 1.55. The van der Waals surface area contributed by atoms with E-state index in [-0.39, 0.29) is 0 Å². The molecule has 122 valence electrons. The molecule has 1 heterocycles. The van der Waals surface area contributed by atoms with Crippen LogP contribution in [0.1, 0.15) is 22.4 Å². The van der Waals surface area contributed by atoms with E-state index in [0.717, 1.165) is 28.3 Å². The lowest BCUT2D eigenvalue weighted by atomic mass is 10.0. The quantitative estimate of drug-likeness (QED) is 0.470. The molecule has 1 aromatic heterocycles. The number of benzene rings is 2. The molecule has 0 aliphatic heterocycles. The first-order chi connectivity index (χ1) is 11.7. The van der Waals surface area contributed by atoms with Crippen molar-refractivity contribution < 1.29 is 0 Å². The zero-order valence-electron chi connectivity index (χ0n) is 13.2. The molecular formula is C19H19ClN4. The van der Waals surface area contributed by atoms with Gasteiger partial charge in [0.1, 0.15) is 0 Å². The van der Waals surface area contributed by atoms with E-state index in [4.69, 9.17) is 17.0 Å². The molecule has 0 atom stereocenters. The summed E-state index contributed by atoms with van der Waals surface area (Å²) in [6, 6.07) is 16.0. The van der Waals surface area contributed by atoms with Gasteiger partial charge < -0.3 is 10.3 Å². The van der Waals surface area contributed by atoms with Crippen molar-refractivity contribution in [1.82, 2.24) is 15.3 Å². The molecule has 3 aromatic rings. The fourth-order valence-electron chi connectivity index (χ4n) is 2.52. The van der Waals surface area contributed by atoms with Gasteiger partial charge in [-0.05, 0) is 28.8 Å². The molecule has 0 bridgehead atoms. The normalized spacial score (nSPS) is 10.5. The van der Waals surface area contributed by atoms with Crippen LogP contribution in [-0.2, 0) is 19.4 Å². The molecule has 0 aliphatic rings. The summed E-state index contributed by atoms with van der Waals surface area (Å²) in [6.07, 6.45) is 4.98. The Kier molecular flexibility index (Phi) is 5.29. The van der Waals surface area contributed by atoms with Crippen molar-refractivity contribution in [2.75, 3.05) is 0 Å². The van der Waals surface area contributed by atoms with E-state index in [2.05, 4.69) is 27.4 Å². The number of hydrogen-bond donors (Lipinski definition) is 3. The third kappa shape index (κ3) is 4.70. The van der Waals surface area contributed by atoms with E-state index in [0.29, 0.717) is 18.8 Å². The highest BCUT2D eigenvalue weighted by Gasteiger charge is 2.03. The Labute approximate surface area is 146 Å². The van der Waals surface area contributed by atoms with Gasteiger partial charge in [0, 0.05) is 30.6 Å². The van der Waals surface area contributed by atoms with Gasteiger partial charge in [0.25, 0.3) is 0 Å². The van der Waals surface area contributed by atoms with Crippen molar-refractivity contribution >= 4 is 17.4 Å². The highest BCUT2D eigenvalue weighted by atomic mass is 35.5. The fraction of sp³-hybridized carbons (Fsp3) is 0.158. The summed E-state index contributed by atoms with van der Waals surface area (Å²) >= 11 is 5.88. The van der Waals surface area contributed by atoms with Gasteiger partial charge in [0.15, 0.2) is 0 Å². The van der Waals surface area contributed by atoms with Crippen molar-refractivity contribution in [3.63, 3.8) is 0 Å². The van der Waals surface area contributed by atoms with Gasteiger partial charge in [-0.15, -0.1) is 0 Å². The molecule has 0 unspecified atom stereocenters. The van der Waals surface area contributed by atoms with Gasteiger partial charge in [-0.2, -0.15) is 0 Å². The maximum absolute atomic E-state index is 8.13. The molecule has 4 nitrogen and oxygen atoms in total. The highest BCUT2D eigenvalue weighted by Crippen LogP contribution is 2.11. The first kappa shape index (κ1) is 16.3. The first-order valence-electron chi connectivity index (χ1n) is 7.80. The van der Waals surface area contributed by atoms with Crippen LogP contribution in [0.2, 0.25) is 5.02 Å². The number of amidine groups is 1. The zero-order chi connectivity index (χ0) is 16.8. The second-order valence-electron chi connectivity index (χ2n) is 5.69. The first-order valence-corrected chi connectivity index (χ1v) is 8.18. The summed E-state index contributed by atoms with van der Waals surface area (Å²) in [7, 11) is 0. The van der Waals surface area contributed by atoms with E-state index in [1.807, 2.05) is 42.6 Å². The van der Waals surface area contributed by atoms with Crippen molar-refractivity contribution in [2.45, 2.75) is 19.4 Å². The zero-order valence-corrected chi connectivity index (χ0v) is 14.0. The lowest BCUT2D eigenvalue weighted by Gasteiger charge is -2.09. The molecule has 0 saturated carbocycles. The minimum absolute atomic E-state index is 0.502. The minimum Gasteiger partial charge on any atom is -0.370 e. The summed E-state index contributed by atoms with van der Waals surface area (Å²) in [4.78, 5) is 7.22. The number of nitrogens with zero attached hydrogens (tertiary/aromatic N) is 1. The summed E-state index contributed by atoms with van der Waals surface area (Å²) in [6.45, 7) is 0.628. The maximum Gasteiger partial charge on any atom is 0.0979 e. The molecule has 2 aromatic carbocycles. The molecule has 3 N–H and O–H groups in total. The van der Waals surface area contributed by atoms with E-state index < -0.39 is 0 Å². The molecule has 0 amide bonds. The Morgan fingerprint density at radius 2 is 1.88 bits per heavy atom. The maximum atomic E-state index is 8.13. The Hall–Kier alpha value is -2.59. The second-order valence-corrected chi connectivity index (χ2v) is 6.13. The van der Waals surface area contributed by atoms with Crippen molar-refractivity contribution in [3.05, 3.63) is 88.5 Å². The number of aromatic nitrogens is 2. The average Bonchev–Trinajstić information content (AvgIpc) is 3.08. The summed E-state index contributed by atoms with van der Waals surface area (Å²) in [5.74, 6) is 0.502. The van der Waals surface area contributed by atoms with Crippen LogP contribution in [0.25, 0.3) is 0 Å². The Bertz CT molecular complexity index is 794. The molecule has 0 spiro atoms. The number of rotatable bonds is 6. The average molecular weight is 339 g/mol. The minimum atomic E-state index is 0.502. The third-order valence-corrected chi connectivity index (χ3v) is 3.98. The molecule has 5 heteroatoms. The molecule has 0 aliphatic carbocycles. The van der Waals surface area contributed by atoms with Crippen LogP contribution in [-0.4, -0.2) is 15.8 Å². The van der Waals surface area contributed by atoms with E-state index in [1.165, 1.54) is 5.56 Å². The molecule has 24 heavy (non-hydrogen) atoms. The van der Waals surface area contributed by atoms with Crippen LogP contribution in [0.4, 0.5) is 0 Å². The summed E-state index contributed by atoms with van der Waals surface area (Å²) < 4.78 is 0. The molecule has 0 radical (unpaired) electrons. The molecule has 3 rings (SSSR count). The predicted octanol–water partition coefficient (Wildman–Crippen LogP) is 3.96. The Morgan fingerprint density at radius 3 is 2.62 bits per heavy atom. The lowest BCUT2D eigenvalue weighted by Crippen LogP contribution is -2.23. The largest absolute Gasteiger partial charge is 0.370 e. The van der Waals surface area contributed by atoms with Crippen molar-refractivity contribution in [2.24, 2.45) is 0 Å². The van der Waals surface area contributed by atoms with Crippen molar-refractivity contribution in [1.29, 1.82) is 5.41 Å². The number of nitrogens with one attached hydrogen (secondary N) is 3. The number of halogens is 1. The van der Waals surface area contributed by atoms with E-state index in [1.54, 1.807) is 6.33 Å². The number of hydrogen-bond acceptors (Lipinski definition) is 2. The number of H-pyrrole nitrogens is 1. The van der Waals surface area contributed by atoms with Crippen LogP contribution < -0.4 is 5.32 Å². The van der Waals surface area contributed by atoms with Crippen LogP contribution in [0, 0.1) is 5.41 Å². The smallest absolute Gasteiger partial charge is 0.0979 e. The highest BCUT2D eigenvalue weighted by molar-refractivity contribution is 6.30. The van der Waals surface area contributed by atoms with Crippen LogP contribution in [0.3, 0.4) is 0 Å². The van der Waals surface area contributed by atoms with Gasteiger partial charge in [-0.25, -0.2) is 4.98 Å². The molecular weight excluding hydrogens is 320 g/mol. The lowest BCUT2D eigenvalue weighted by molar-refractivity contribution is 0.886. The van der Waals surface area contributed by atoms with E-state index in [9.17, 15) is 0 Å². The van der Waals surface area contributed by atoms with Crippen molar-refractivity contribution in [3.8, 4) is 0 Å². The standard InChI is InChI=1S/C19H19ClN4/c20-17-6-4-14(5-7-17)11-23-19(21)10-16-3-1-2-15(8-16)9-18-12-22-13-24-18/h1-8,12-13H,9-11H2,(H2,21,23)(H,22,24). The monoisotopic (exact) mass is 338 g/mol. The number of aromatic amines is 1. The van der Waals surface area contributed by atoms with E-state index >= 15 is 0 Å². The SMILES string of the molecule is N=C(Cc1cccc(Cc2c[nH]cn2)c1)NCc1ccc(Cl)cc1. The third-order valence-electron chi connectivity index (χ3n) is 3.73. The fourth-order valence-corrected chi connectivity index (χ4v) is 2.65. The number of imidazole rings is 1. The molecule has 0 fully saturated rings. The van der Waals surface area contributed by atoms with Gasteiger partial charge >= 0.3 is 0 Å².